The van der Waals surface area contributed by atoms with Gasteiger partial charge in [-0.2, -0.15) is 5.26 Å². The topological polar surface area (TPSA) is 97.2 Å². The SMILES string of the molecule is N#Cc1cn(C2CC2)c(=O)n(C[C@H](O)COCc2ccccc2)c1=O. The van der Waals surface area contributed by atoms with Gasteiger partial charge in [0.15, 0.2) is 0 Å². The highest BCUT2D eigenvalue weighted by Gasteiger charge is 2.27. The second kappa shape index (κ2) is 7.47. The normalized spacial score (nSPS) is 14.9. The monoisotopic (exact) mass is 341 g/mol. The van der Waals surface area contributed by atoms with Gasteiger partial charge in [0.25, 0.3) is 5.56 Å². The molecule has 7 nitrogen and oxygen atoms in total. The molecule has 0 spiro atoms. The Bertz CT molecular complexity index is 891. The molecule has 3 rings (SSSR count). The Labute approximate surface area is 144 Å². The van der Waals surface area contributed by atoms with Crippen molar-refractivity contribution in [3.8, 4) is 6.07 Å². The minimum Gasteiger partial charge on any atom is -0.389 e. The van der Waals surface area contributed by atoms with Gasteiger partial charge >= 0.3 is 5.69 Å². The lowest BCUT2D eigenvalue weighted by molar-refractivity contribution is 0.0191. The van der Waals surface area contributed by atoms with E-state index in [1.54, 1.807) is 0 Å². The number of hydrogen-bond acceptors (Lipinski definition) is 5. The predicted octanol–water partition coefficient (Wildman–Crippen LogP) is 0.794. The van der Waals surface area contributed by atoms with Crippen LogP contribution < -0.4 is 11.2 Å². The van der Waals surface area contributed by atoms with E-state index in [2.05, 4.69) is 0 Å². The highest BCUT2D eigenvalue weighted by Crippen LogP contribution is 2.33. The van der Waals surface area contributed by atoms with Crippen molar-refractivity contribution in [1.82, 2.24) is 9.13 Å². The first kappa shape index (κ1) is 17.1. The van der Waals surface area contributed by atoms with Gasteiger partial charge in [-0.3, -0.25) is 13.9 Å². The molecule has 1 heterocycles. The molecule has 1 fully saturated rings. The van der Waals surface area contributed by atoms with Crippen LogP contribution in [0.1, 0.15) is 30.0 Å². The van der Waals surface area contributed by atoms with E-state index in [1.165, 1.54) is 10.8 Å². The van der Waals surface area contributed by atoms with E-state index in [4.69, 9.17) is 10.00 Å². The molecule has 2 aromatic rings. The molecule has 0 bridgehead atoms. The first-order chi connectivity index (χ1) is 12.1. The summed E-state index contributed by atoms with van der Waals surface area (Å²) in [5.74, 6) is 0. The van der Waals surface area contributed by atoms with Crippen LogP contribution >= 0.6 is 0 Å². The molecule has 25 heavy (non-hydrogen) atoms. The van der Waals surface area contributed by atoms with E-state index in [-0.39, 0.29) is 24.8 Å². The standard InChI is InChI=1S/C18H19N3O4/c19-8-14-9-20(15-6-7-15)18(24)21(17(14)23)10-16(22)12-25-11-13-4-2-1-3-5-13/h1-5,9,15-16,22H,6-7,10-12H2/t16-/m0/s1. The molecule has 0 aliphatic heterocycles. The van der Waals surface area contributed by atoms with Gasteiger partial charge in [-0.25, -0.2) is 4.79 Å². The number of aliphatic hydroxyl groups is 1. The van der Waals surface area contributed by atoms with Crippen LogP contribution in [0.15, 0.2) is 46.1 Å². The van der Waals surface area contributed by atoms with E-state index in [1.807, 2.05) is 36.4 Å². The molecule has 1 saturated carbocycles. The number of ether oxygens (including phenoxy) is 1. The third kappa shape index (κ3) is 4.05. The summed E-state index contributed by atoms with van der Waals surface area (Å²) < 4.78 is 7.78. The summed E-state index contributed by atoms with van der Waals surface area (Å²) in [6.07, 6.45) is 2.00. The summed E-state index contributed by atoms with van der Waals surface area (Å²) in [6, 6.07) is 11.3. The maximum absolute atomic E-state index is 12.4. The molecule has 1 N–H and O–H groups in total. The largest absolute Gasteiger partial charge is 0.389 e. The maximum atomic E-state index is 12.4. The van der Waals surface area contributed by atoms with E-state index < -0.39 is 17.4 Å². The van der Waals surface area contributed by atoms with E-state index in [9.17, 15) is 14.7 Å². The zero-order chi connectivity index (χ0) is 17.8. The molecule has 1 atom stereocenters. The molecular weight excluding hydrogens is 322 g/mol. The third-order valence-electron chi connectivity index (χ3n) is 4.07. The third-order valence-corrected chi connectivity index (χ3v) is 4.07. The van der Waals surface area contributed by atoms with E-state index >= 15 is 0 Å². The molecule has 1 aliphatic carbocycles. The fourth-order valence-corrected chi connectivity index (χ4v) is 2.62. The van der Waals surface area contributed by atoms with Crippen LogP contribution in [0.25, 0.3) is 0 Å². The van der Waals surface area contributed by atoms with Crippen LogP contribution in [0.2, 0.25) is 0 Å². The molecule has 0 saturated heterocycles. The quantitative estimate of drug-likeness (QED) is 0.803. The summed E-state index contributed by atoms with van der Waals surface area (Å²) in [5.41, 5.74) is -0.293. The zero-order valence-electron chi connectivity index (χ0n) is 13.7. The average Bonchev–Trinajstić information content (AvgIpc) is 3.45. The van der Waals surface area contributed by atoms with Crippen molar-refractivity contribution in [2.45, 2.75) is 38.1 Å². The summed E-state index contributed by atoms with van der Waals surface area (Å²) in [7, 11) is 0. The number of rotatable bonds is 7. The molecule has 1 aromatic heterocycles. The van der Waals surface area contributed by atoms with Crippen LogP contribution in [-0.2, 0) is 17.9 Å². The number of nitriles is 1. The number of benzene rings is 1. The average molecular weight is 341 g/mol. The van der Waals surface area contributed by atoms with E-state index in [0.717, 1.165) is 23.0 Å². The lowest BCUT2D eigenvalue weighted by atomic mass is 10.2. The molecule has 0 radical (unpaired) electrons. The van der Waals surface area contributed by atoms with Crippen molar-refractivity contribution in [2.24, 2.45) is 0 Å². The van der Waals surface area contributed by atoms with Crippen molar-refractivity contribution in [3.05, 3.63) is 68.5 Å². The van der Waals surface area contributed by atoms with Gasteiger partial charge in [0.05, 0.1) is 25.9 Å². The van der Waals surface area contributed by atoms with Crippen molar-refractivity contribution in [3.63, 3.8) is 0 Å². The minimum absolute atomic E-state index is 0.0129. The molecular formula is C18H19N3O4. The van der Waals surface area contributed by atoms with Crippen molar-refractivity contribution in [1.29, 1.82) is 5.26 Å². The predicted molar refractivity (Wildman–Crippen MR) is 90.1 cm³/mol. The van der Waals surface area contributed by atoms with Crippen LogP contribution in [0.4, 0.5) is 0 Å². The van der Waals surface area contributed by atoms with Crippen LogP contribution in [0, 0.1) is 11.3 Å². The molecule has 1 aromatic carbocycles. The second-order valence-corrected chi connectivity index (χ2v) is 6.15. The Morgan fingerprint density at radius 1 is 1.28 bits per heavy atom. The molecule has 0 unspecified atom stereocenters. The van der Waals surface area contributed by atoms with Crippen molar-refractivity contribution >= 4 is 0 Å². The zero-order valence-corrected chi connectivity index (χ0v) is 13.7. The Morgan fingerprint density at radius 3 is 2.64 bits per heavy atom. The van der Waals surface area contributed by atoms with Gasteiger partial charge in [-0.15, -0.1) is 0 Å². The van der Waals surface area contributed by atoms with Crippen molar-refractivity contribution < 1.29 is 9.84 Å². The fraction of sp³-hybridized carbons (Fsp3) is 0.389. The minimum atomic E-state index is -1.02. The summed E-state index contributed by atoms with van der Waals surface area (Å²) in [4.78, 5) is 24.7. The van der Waals surface area contributed by atoms with Crippen molar-refractivity contribution in [2.75, 3.05) is 6.61 Å². The van der Waals surface area contributed by atoms with Gasteiger partial charge in [-0.05, 0) is 18.4 Å². The van der Waals surface area contributed by atoms with E-state index in [0.29, 0.717) is 6.61 Å². The van der Waals surface area contributed by atoms with Crippen LogP contribution in [0.3, 0.4) is 0 Å². The summed E-state index contributed by atoms with van der Waals surface area (Å²) >= 11 is 0. The Balaban J connectivity index is 1.69. The first-order valence-electron chi connectivity index (χ1n) is 8.16. The smallest absolute Gasteiger partial charge is 0.331 e. The molecule has 1 aliphatic rings. The van der Waals surface area contributed by atoms with Gasteiger partial charge in [0.1, 0.15) is 11.6 Å². The van der Waals surface area contributed by atoms with Gasteiger partial charge in [-0.1, -0.05) is 30.3 Å². The number of nitrogens with zero attached hydrogens (tertiary/aromatic N) is 3. The molecule has 7 heteroatoms. The highest BCUT2D eigenvalue weighted by molar-refractivity contribution is 5.23. The Hall–Kier alpha value is -2.69. The fourth-order valence-electron chi connectivity index (χ4n) is 2.62. The number of aliphatic hydroxyl groups excluding tert-OH is 1. The van der Waals surface area contributed by atoms with Crippen LogP contribution in [0.5, 0.6) is 0 Å². The Morgan fingerprint density at radius 2 is 2.00 bits per heavy atom. The number of hydrogen-bond donors (Lipinski definition) is 1. The summed E-state index contributed by atoms with van der Waals surface area (Å²) in [6.45, 7) is 0.118. The van der Waals surface area contributed by atoms with Gasteiger partial charge in [0.2, 0.25) is 0 Å². The van der Waals surface area contributed by atoms with Gasteiger partial charge in [0, 0.05) is 12.2 Å². The molecule has 0 amide bonds. The van der Waals surface area contributed by atoms with Crippen LogP contribution in [-0.4, -0.2) is 27.0 Å². The van der Waals surface area contributed by atoms with Gasteiger partial charge < -0.3 is 9.84 Å². The maximum Gasteiger partial charge on any atom is 0.331 e. The second-order valence-electron chi connectivity index (χ2n) is 6.15. The highest BCUT2D eigenvalue weighted by atomic mass is 16.5. The first-order valence-corrected chi connectivity index (χ1v) is 8.16. The lowest BCUT2D eigenvalue weighted by Gasteiger charge is -2.14. The molecule has 130 valence electrons. The number of aromatic nitrogens is 2. The lowest BCUT2D eigenvalue weighted by Crippen LogP contribution is -2.43. The Kier molecular flexibility index (Phi) is 5.12. The summed E-state index contributed by atoms with van der Waals surface area (Å²) in [5, 5.41) is 19.2.